The first kappa shape index (κ1) is 21.5. The maximum absolute atomic E-state index is 13.3. The molecule has 0 radical (unpaired) electrons. The van der Waals surface area contributed by atoms with Gasteiger partial charge >= 0.3 is 0 Å². The summed E-state index contributed by atoms with van der Waals surface area (Å²) in [6.45, 7) is 1.12. The molecule has 1 aromatic heterocycles. The van der Waals surface area contributed by atoms with Gasteiger partial charge < -0.3 is 29.7 Å². The first-order valence-corrected chi connectivity index (χ1v) is 9.76. The predicted octanol–water partition coefficient (Wildman–Crippen LogP) is 1.13. The number of nitrogens with zero attached hydrogens (tertiary/aromatic N) is 3. The van der Waals surface area contributed by atoms with Gasteiger partial charge in [0.05, 0.1) is 31.1 Å². The van der Waals surface area contributed by atoms with Crippen LogP contribution in [0, 0.1) is 0 Å². The molecule has 0 fully saturated rings. The summed E-state index contributed by atoms with van der Waals surface area (Å²) in [5.41, 5.74) is 1.01. The summed E-state index contributed by atoms with van der Waals surface area (Å²) in [6, 6.07) is 10.7. The normalized spacial score (nSPS) is 14.7. The first-order chi connectivity index (χ1) is 14.6. The summed E-state index contributed by atoms with van der Waals surface area (Å²) in [5.74, 6) is 0.397. The molecule has 3 rings (SSSR count). The van der Waals surface area contributed by atoms with Crippen molar-refractivity contribution in [3.8, 4) is 5.75 Å². The van der Waals surface area contributed by atoms with Crippen LogP contribution in [0.4, 0.5) is 11.5 Å². The molecule has 0 unspecified atom stereocenters. The average molecular weight is 414 g/mol. The lowest BCUT2D eigenvalue weighted by molar-refractivity contribution is -0.131. The van der Waals surface area contributed by atoms with Crippen LogP contribution in [0.25, 0.3) is 0 Å². The molecular formula is C21H26N4O5. The third kappa shape index (κ3) is 5.46. The van der Waals surface area contributed by atoms with Crippen LogP contribution >= 0.6 is 0 Å². The maximum Gasteiger partial charge on any atom is 0.258 e. The lowest BCUT2D eigenvalue weighted by atomic mass is 10.2. The molecule has 1 aromatic carbocycles. The van der Waals surface area contributed by atoms with E-state index in [1.54, 1.807) is 25.4 Å². The van der Waals surface area contributed by atoms with E-state index in [0.717, 1.165) is 0 Å². The van der Waals surface area contributed by atoms with E-state index in [1.807, 2.05) is 24.3 Å². The monoisotopic (exact) mass is 414 g/mol. The van der Waals surface area contributed by atoms with Crippen molar-refractivity contribution in [1.29, 1.82) is 0 Å². The number of carbonyl (C=O) groups excluding carboxylic acids is 2. The molecule has 0 saturated carbocycles. The van der Waals surface area contributed by atoms with Gasteiger partial charge in [0.25, 0.3) is 5.91 Å². The zero-order valence-electron chi connectivity index (χ0n) is 16.9. The average Bonchev–Trinajstić information content (AvgIpc) is 2.76. The zero-order valence-corrected chi connectivity index (χ0v) is 16.9. The molecule has 2 aromatic rings. The number of aromatic nitrogens is 1. The summed E-state index contributed by atoms with van der Waals surface area (Å²) in [7, 11) is 1.59. The van der Waals surface area contributed by atoms with E-state index in [4.69, 9.17) is 14.6 Å². The number of aliphatic hydroxyl groups is 1. The molecule has 1 aliphatic heterocycles. The van der Waals surface area contributed by atoms with E-state index in [9.17, 15) is 9.59 Å². The molecular weight excluding hydrogens is 388 g/mol. The highest BCUT2D eigenvalue weighted by Crippen LogP contribution is 2.28. The van der Waals surface area contributed by atoms with E-state index < -0.39 is 0 Å². The molecule has 2 N–H and O–H groups in total. The first-order valence-electron chi connectivity index (χ1n) is 9.76. The van der Waals surface area contributed by atoms with E-state index in [1.165, 1.54) is 9.80 Å². The Morgan fingerprint density at radius 1 is 1.23 bits per heavy atom. The Hall–Kier alpha value is -3.17. The molecule has 0 atom stereocenters. The zero-order chi connectivity index (χ0) is 21.3. The number of amides is 2. The number of nitrogens with one attached hydrogen (secondary N) is 1. The van der Waals surface area contributed by atoms with E-state index in [-0.39, 0.29) is 44.7 Å². The Bertz CT molecular complexity index is 876. The Labute approximate surface area is 175 Å². The van der Waals surface area contributed by atoms with Crippen LogP contribution in [0.3, 0.4) is 0 Å². The molecule has 2 heterocycles. The van der Waals surface area contributed by atoms with Gasteiger partial charge in [-0.05, 0) is 24.3 Å². The molecule has 1 aliphatic rings. The molecule has 0 bridgehead atoms. The number of anilines is 2. The Balaban J connectivity index is 1.91. The minimum atomic E-state index is -0.336. The molecule has 9 nitrogen and oxygen atoms in total. The van der Waals surface area contributed by atoms with Gasteiger partial charge in [-0.15, -0.1) is 0 Å². The standard InChI is InChI=1S/C21H26N4O5/c1-24(9-11-26)19(27)15-25-10-12-29-13-14-30-18-7-3-2-6-17(18)23-20-16(21(25)28)5-4-8-22-20/h2-8,26H,9-15H2,1H3,(H,22,23). The van der Waals surface area contributed by atoms with Crippen molar-refractivity contribution in [3.05, 3.63) is 48.2 Å². The van der Waals surface area contributed by atoms with Crippen molar-refractivity contribution >= 4 is 23.3 Å². The van der Waals surface area contributed by atoms with Crippen LogP contribution in [0.15, 0.2) is 42.6 Å². The topological polar surface area (TPSA) is 104 Å². The van der Waals surface area contributed by atoms with Gasteiger partial charge in [-0.3, -0.25) is 9.59 Å². The van der Waals surface area contributed by atoms with Crippen molar-refractivity contribution in [2.75, 3.05) is 58.4 Å². The highest BCUT2D eigenvalue weighted by Gasteiger charge is 2.24. The number of ether oxygens (including phenoxy) is 2. The number of aliphatic hydroxyl groups excluding tert-OH is 1. The second kappa shape index (κ2) is 10.6. The highest BCUT2D eigenvalue weighted by molar-refractivity contribution is 6.01. The van der Waals surface area contributed by atoms with Gasteiger partial charge in [0, 0.05) is 26.3 Å². The molecule has 0 aliphatic carbocycles. The highest BCUT2D eigenvalue weighted by atomic mass is 16.5. The van der Waals surface area contributed by atoms with Gasteiger partial charge in [-0.2, -0.15) is 0 Å². The fourth-order valence-electron chi connectivity index (χ4n) is 2.97. The van der Waals surface area contributed by atoms with Crippen LogP contribution in [0.1, 0.15) is 10.4 Å². The minimum Gasteiger partial charge on any atom is -0.489 e. The molecule has 0 saturated heterocycles. The smallest absolute Gasteiger partial charge is 0.258 e. The molecule has 2 amide bonds. The minimum absolute atomic E-state index is 0.125. The largest absolute Gasteiger partial charge is 0.489 e. The van der Waals surface area contributed by atoms with Gasteiger partial charge in [0.2, 0.25) is 5.91 Å². The predicted molar refractivity (Wildman–Crippen MR) is 111 cm³/mol. The SMILES string of the molecule is CN(CCO)C(=O)CN1CCOCCOc2ccccc2Nc2ncccc2C1=O. The van der Waals surface area contributed by atoms with Crippen LogP contribution < -0.4 is 10.1 Å². The Morgan fingerprint density at radius 2 is 2.07 bits per heavy atom. The van der Waals surface area contributed by atoms with Crippen molar-refractivity contribution < 1.29 is 24.2 Å². The summed E-state index contributed by atoms with van der Waals surface area (Å²) in [6.07, 6.45) is 1.59. The van der Waals surface area contributed by atoms with Crippen LogP contribution in [-0.2, 0) is 9.53 Å². The molecule has 0 spiro atoms. The number of fused-ring (bicyclic) bond motifs is 2. The van der Waals surface area contributed by atoms with E-state index in [0.29, 0.717) is 36.0 Å². The van der Waals surface area contributed by atoms with Crippen LogP contribution in [0.5, 0.6) is 5.75 Å². The van der Waals surface area contributed by atoms with Crippen molar-refractivity contribution in [2.45, 2.75) is 0 Å². The quantitative estimate of drug-likeness (QED) is 0.773. The van der Waals surface area contributed by atoms with Crippen LogP contribution in [-0.4, -0.2) is 84.8 Å². The number of hydrogen-bond donors (Lipinski definition) is 2. The van der Waals surface area contributed by atoms with Crippen molar-refractivity contribution in [2.24, 2.45) is 0 Å². The number of pyridine rings is 1. The summed E-state index contributed by atoms with van der Waals surface area (Å²) in [4.78, 5) is 32.9. The fraction of sp³-hybridized carbons (Fsp3) is 0.381. The van der Waals surface area contributed by atoms with Gasteiger partial charge in [0.15, 0.2) is 0 Å². The number of carbonyl (C=O) groups is 2. The lowest BCUT2D eigenvalue weighted by Gasteiger charge is -2.25. The molecule has 30 heavy (non-hydrogen) atoms. The second-order valence-electron chi connectivity index (χ2n) is 6.75. The number of hydrogen-bond acceptors (Lipinski definition) is 7. The summed E-state index contributed by atoms with van der Waals surface area (Å²) in [5, 5.41) is 12.2. The Morgan fingerprint density at radius 3 is 2.90 bits per heavy atom. The number of rotatable bonds is 4. The maximum atomic E-state index is 13.3. The van der Waals surface area contributed by atoms with Gasteiger partial charge in [0.1, 0.15) is 24.7 Å². The van der Waals surface area contributed by atoms with Crippen molar-refractivity contribution in [3.63, 3.8) is 0 Å². The number of para-hydroxylation sites is 2. The third-order valence-corrected chi connectivity index (χ3v) is 4.64. The lowest BCUT2D eigenvalue weighted by Crippen LogP contribution is -2.43. The summed E-state index contributed by atoms with van der Waals surface area (Å²) >= 11 is 0. The van der Waals surface area contributed by atoms with Gasteiger partial charge in [-0.1, -0.05) is 12.1 Å². The third-order valence-electron chi connectivity index (χ3n) is 4.64. The van der Waals surface area contributed by atoms with E-state index in [2.05, 4.69) is 10.3 Å². The van der Waals surface area contributed by atoms with Crippen LogP contribution in [0.2, 0.25) is 0 Å². The van der Waals surface area contributed by atoms with E-state index >= 15 is 0 Å². The number of likely N-dealkylation sites (N-methyl/N-ethyl adjacent to an activating group) is 1. The molecule has 9 heteroatoms. The Kier molecular flexibility index (Phi) is 7.58. The number of benzene rings is 1. The van der Waals surface area contributed by atoms with Gasteiger partial charge in [-0.25, -0.2) is 4.98 Å². The molecule has 160 valence electrons. The fourth-order valence-corrected chi connectivity index (χ4v) is 2.97. The second-order valence-corrected chi connectivity index (χ2v) is 6.75. The van der Waals surface area contributed by atoms with Crippen molar-refractivity contribution in [1.82, 2.24) is 14.8 Å². The summed E-state index contributed by atoms with van der Waals surface area (Å²) < 4.78 is 11.4.